The minimum Gasteiger partial charge on any atom is -0.456 e. The van der Waals surface area contributed by atoms with Crippen molar-refractivity contribution in [3.05, 3.63) is 95.3 Å². The fraction of sp³-hybridized carbons (Fsp3) is 0.192. The molecule has 1 N–H and O–H groups in total. The van der Waals surface area contributed by atoms with Crippen LogP contribution in [-0.2, 0) is 16.9 Å². The Balaban J connectivity index is 0.000000275. The average Bonchev–Trinajstić information content (AvgIpc) is 3.15. The number of ether oxygens (including phenoxy) is 1. The highest BCUT2D eigenvalue weighted by molar-refractivity contribution is 7.90. The lowest BCUT2D eigenvalue weighted by Gasteiger charge is -2.10. The van der Waals surface area contributed by atoms with Crippen LogP contribution in [0.1, 0.15) is 27.4 Å². The van der Waals surface area contributed by atoms with Crippen molar-refractivity contribution >= 4 is 21.4 Å². The van der Waals surface area contributed by atoms with Crippen molar-refractivity contribution in [3.8, 4) is 11.5 Å². The van der Waals surface area contributed by atoms with Crippen LogP contribution in [0.3, 0.4) is 0 Å². The fourth-order valence-corrected chi connectivity index (χ4v) is 3.74. The SMILES string of the molecule is Cc1ccc(Oc2ccc(F)c(NC(=O)c3cc(C)nn3C)c2)cn1.Cc1ccc(S(C)(=O)=O)cc1. The van der Waals surface area contributed by atoms with Gasteiger partial charge in [0, 0.05) is 25.1 Å². The Morgan fingerprint density at radius 2 is 1.61 bits per heavy atom. The van der Waals surface area contributed by atoms with Gasteiger partial charge in [-0.2, -0.15) is 5.10 Å². The summed E-state index contributed by atoms with van der Waals surface area (Å²) in [5.41, 5.74) is 3.01. The number of aryl methyl sites for hydroxylation is 4. The van der Waals surface area contributed by atoms with E-state index in [9.17, 15) is 17.6 Å². The molecular weight excluding hydrogens is 483 g/mol. The molecule has 0 bridgehead atoms. The third-order valence-corrected chi connectivity index (χ3v) is 6.12. The molecule has 10 heteroatoms. The van der Waals surface area contributed by atoms with E-state index in [1.54, 1.807) is 56.6 Å². The summed E-state index contributed by atoms with van der Waals surface area (Å²) in [6, 6.07) is 16.2. The molecule has 0 aliphatic carbocycles. The van der Waals surface area contributed by atoms with E-state index < -0.39 is 21.6 Å². The van der Waals surface area contributed by atoms with Gasteiger partial charge in [0.2, 0.25) is 0 Å². The van der Waals surface area contributed by atoms with E-state index in [0.717, 1.165) is 11.3 Å². The van der Waals surface area contributed by atoms with Gasteiger partial charge in [0.25, 0.3) is 5.91 Å². The summed E-state index contributed by atoms with van der Waals surface area (Å²) in [6.07, 6.45) is 2.78. The monoisotopic (exact) mass is 510 g/mol. The van der Waals surface area contributed by atoms with E-state index in [1.165, 1.54) is 29.1 Å². The smallest absolute Gasteiger partial charge is 0.274 e. The number of anilines is 1. The predicted octanol–water partition coefficient (Wildman–Crippen LogP) is 5.01. The second-order valence-corrected chi connectivity index (χ2v) is 10.2. The molecule has 36 heavy (non-hydrogen) atoms. The molecule has 2 aromatic carbocycles. The van der Waals surface area contributed by atoms with E-state index in [1.807, 2.05) is 19.9 Å². The minimum absolute atomic E-state index is 0.0291. The van der Waals surface area contributed by atoms with Crippen LogP contribution in [0.2, 0.25) is 0 Å². The van der Waals surface area contributed by atoms with Gasteiger partial charge in [-0.25, -0.2) is 12.8 Å². The fourth-order valence-electron chi connectivity index (χ4n) is 3.11. The first-order chi connectivity index (χ1) is 16.9. The molecule has 0 saturated carbocycles. The number of halogens is 1. The molecule has 2 aromatic heterocycles. The van der Waals surface area contributed by atoms with Crippen molar-refractivity contribution in [3.63, 3.8) is 0 Å². The lowest BCUT2D eigenvalue weighted by atomic mass is 10.2. The Kier molecular flexibility index (Phi) is 8.21. The topological polar surface area (TPSA) is 103 Å². The van der Waals surface area contributed by atoms with Crippen LogP contribution in [-0.4, -0.2) is 35.3 Å². The second-order valence-electron chi connectivity index (χ2n) is 8.21. The zero-order chi connectivity index (χ0) is 26.5. The number of nitrogens with zero attached hydrogens (tertiary/aromatic N) is 3. The molecule has 0 atom stereocenters. The summed E-state index contributed by atoms with van der Waals surface area (Å²) in [5.74, 6) is -0.0851. The maximum atomic E-state index is 14.0. The number of nitrogens with one attached hydrogen (secondary N) is 1. The van der Waals surface area contributed by atoms with Gasteiger partial charge in [-0.1, -0.05) is 17.7 Å². The molecule has 0 radical (unpaired) electrons. The Labute approximate surface area is 209 Å². The van der Waals surface area contributed by atoms with Gasteiger partial charge < -0.3 is 10.1 Å². The molecule has 188 valence electrons. The maximum Gasteiger partial charge on any atom is 0.274 e. The van der Waals surface area contributed by atoms with Gasteiger partial charge in [0.15, 0.2) is 9.84 Å². The van der Waals surface area contributed by atoms with Crippen LogP contribution in [0.25, 0.3) is 0 Å². The van der Waals surface area contributed by atoms with Crippen LogP contribution in [0, 0.1) is 26.6 Å². The molecule has 0 aliphatic rings. The second kappa shape index (κ2) is 11.1. The molecule has 0 saturated heterocycles. The van der Waals surface area contributed by atoms with E-state index in [-0.39, 0.29) is 5.69 Å². The van der Waals surface area contributed by atoms with E-state index in [0.29, 0.717) is 27.8 Å². The average molecular weight is 511 g/mol. The number of sulfone groups is 1. The van der Waals surface area contributed by atoms with Crippen LogP contribution in [0.5, 0.6) is 11.5 Å². The molecule has 1 amide bonds. The van der Waals surface area contributed by atoms with Gasteiger partial charge in [0.05, 0.1) is 22.5 Å². The number of carbonyl (C=O) groups excluding carboxylic acids is 1. The summed E-state index contributed by atoms with van der Waals surface area (Å²) >= 11 is 0. The first kappa shape index (κ1) is 26.6. The number of carbonyl (C=O) groups is 1. The van der Waals surface area contributed by atoms with Gasteiger partial charge in [-0.15, -0.1) is 0 Å². The molecule has 0 aliphatic heterocycles. The Morgan fingerprint density at radius 1 is 0.944 bits per heavy atom. The van der Waals surface area contributed by atoms with E-state index >= 15 is 0 Å². The van der Waals surface area contributed by atoms with Crippen LogP contribution >= 0.6 is 0 Å². The van der Waals surface area contributed by atoms with Crippen molar-refractivity contribution in [2.24, 2.45) is 7.05 Å². The molecule has 4 aromatic rings. The highest BCUT2D eigenvalue weighted by Crippen LogP contribution is 2.26. The molecule has 0 spiro atoms. The van der Waals surface area contributed by atoms with Crippen molar-refractivity contribution in [2.75, 3.05) is 11.6 Å². The van der Waals surface area contributed by atoms with Crippen LogP contribution < -0.4 is 10.1 Å². The minimum atomic E-state index is -3.02. The van der Waals surface area contributed by atoms with Gasteiger partial charge in [-0.3, -0.25) is 14.5 Å². The first-order valence-corrected chi connectivity index (χ1v) is 12.8. The molecule has 8 nitrogen and oxygen atoms in total. The van der Waals surface area contributed by atoms with Gasteiger partial charge >= 0.3 is 0 Å². The van der Waals surface area contributed by atoms with Crippen LogP contribution in [0.15, 0.2) is 71.8 Å². The molecule has 0 fully saturated rings. The third kappa shape index (κ3) is 7.22. The summed E-state index contributed by atoms with van der Waals surface area (Å²) < 4.78 is 43.0. The van der Waals surface area contributed by atoms with Crippen molar-refractivity contribution in [2.45, 2.75) is 25.7 Å². The lowest BCUT2D eigenvalue weighted by Crippen LogP contribution is -2.16. The summed E-state index contributed by atoms with van der Waals surface area (Å²) in [7, 11) is -1.36. The number of hydrogen-bond donors (Lipinski definition) is 1. The van der Waals surface area contributed by atoms with E-state index in [2.05, 4.69) is 15.4 Å². The summed E-state index contributed by atoms with van der Waals surface area (Å²) in [6.45, 7) is 5.57. The highest BCUT2D eigenvalue weighted by atomic mass is 32.2. The van der Waals surface area contributed by atoms with Crippen molar-refractivity contribution < 1.29 is 22.3 Å². The summed E-state index contributed by atoms with van der Waals surface area (Å²) in [4.78, 5) is 16.8. The Morgan fingerprint density at radius 3 is 2.17 bits per heavy atom. The maximum absolute atomic E-state index is 14.0. The normalized spacial score (nSPS) is 10.8. The molecule has 4 rings (SSSR count). The number of pyridine rings is 1. The first-order valence-electron chi connectivity index (χ1n) is 10.9. The van der Waals surface area contributed by atoms with Gasteiger partial charge in [-0.05, 0) is 63.2 Å². The number of aromatic nitrogens is 3. The predicted molar refractivity (Wildman–Crippen MR) is 136 cm³/mol. The molecule has 0 unspecified atom stereocenters. The number of rotatable bonds is 5. The number of benzene rings is 2. The molecular formula is C26H27FN4O4S. The largest absolute Gasteiger partial charge is 0.456 e. The van der Waals surface area contributed by atoms with Crippen LogP contribution in [0.4, 0.5) is 10.1 Å². The third-order valence-electron chi connectivity index (χ3n) is 4.99. The van der Waals surface area contributed by atoms with Crippen molar-refractivity contribution in [1.82, 2.24) is 14.8 Å². The standard InChI is InChI=1S/C18H17FN4O2.C8H10O2S/c1-11-4-5-14(10-20-11)25-13-6-7-15(19)16(9-13)21-18(24)17-8-12(2)22-23(17)3;1-7-3-5-8(6-4-7)11(2,9)10/h4-10H,1-3H3,(H,21,24);3-6H,1-2H3. The zero-order valence-electron chi connectivity index (χ0n) is 20.6. The van der Waals surface area contributed by atoms with Crippen molar-refractivity contribution in [1.29, 1.82) is 0 Å². The number of hydrogen-bond acceptors (Lipinski definition) is 6. The number of amides is 1. The van der Waals surface area contributed by atoms with Gasteiger partial charge in [0.1, 0.15) is 23.0 Å². The molecule has 2 heterocycles. The highest BCUT2D eigenvalue weighted by Gasteiger charge is 2.15. The Hall–Kier alpha value is -4.05. The summed E-state index contributed by atoms with van der Waals surface area (Å²) in [5, 5.41) is 6.65. The zero-order valence-corrected chi connectivity index (χ0v) is 21.4. The Bertz CT molecular complexity index is 1470. The lowest BCUT2D eigenvalue weighted by molar-refractivity contribution is 0.101. The quantitative estimate of drug-likeness (QED) is 0.405. The van der Waals surface area contributed by atoms with E-state index in [4.69, 9.17) is 4.74 Å².